The first-order valence-corrected chi connectivity index (χ1v) is 8.97. The van der Waals surface area contributed by atoms with E-state index in [4.69, 9.17) is 15.2 Å². The Kier molecular flexibility index (Phi) is 3.59. The summed E-state index contributed by atoms with van der Waals surface area (Å²) in [6.45, 7) is 0.166. The summed E-state index contributed by atoms with van der Waals surface area (Å²) in [4.78, 5) is 24.2. The Morgan fingerprint density at radius 3 is 2.79 bits per heavy atom. The molecule has 3 aromatic heterocycles. The van der Waals surface area contributed by atoms with Crippen LogP contribution in [0.4, 0.5) is 10.8 Å². The van der Waals surface area contributed by atoms with Crippen molar-refractivity contribution in [3.8, 4) is 33.2 Å². The SMILES string of the molecule is Nc1ncnc2nc(-c3ccc([N+](=O)[O-])s3)c(-c3ccc4c(c3)OCO4)cc12. The van der Waals surface area contributed by atoms with Gasteiger partial charge in [0.2, 0.25) is 6.79 Å². The number of nitrogens with zero attached hydrogens (tertiary/aromatic N) is 4. The Balaban J connectivity index is 1.77. The van der Waals surface area contributed by atoms with Crippen molar-refractivity contribution in [2.24, 2.45) is 0 Å². The topological polar surface area (TPSA) is 126 Å². The van der Waals surface area contributed by atoms with E-state index in [-0.39, 0.29) is 11.8 Å². The molecule has 0 radical (unpaired) electrons. The van der Waals surface area contributed by atoms with Gasteiger partial charge >= 0.3 is 5.00 Å². The summed E-state index contributed by atoms with van der Waals surface area (Å²) in [5.41, 5.74) is 8.55. The number of fused-ring (bicyclic) bond motifs is 2. The van der Waals surface area contributed by atoms with Crippen LogP contribution in [0.5, 0.6) is 11.5 Å². The number of nitrogens with two attached hydrogens (primary N) is 1. The predicted octanol–water partition coefficient (Wildman–Crippen LogP) is 3.64. The minimum atomic E-state index is -0.421. The molecule has 1 aromatic carbocycles. The molecule has 0 spiro atoms. The minimum Gasteiger partial charge on any atom is -0.454 e. The molecule has 2 N–H and O–H groups in total. The molecule has 0 amide bonds. The van der Waals surface area contributed by atoms with Crippen LogP contribution in [0.3, 0.4) is 0 Å². The third-order valence-electron chi connectivity index (χ3n) is 4.34. The largest absolute Gasteiger partial charge is 0.454 e. The van der Waals surface area contributed by atoms with Gasteiger partial charge in [0, 0.05) is 11.6 Å². The fraction of sp³-hybridized carbons (Fsp3) is 0.0556. The Hall–Kier alpha value is -3.79. The first-order valence-electron chi connectivity index (χ1n) is 8.16. The molecule has 4 heterocycles. The monoisotopic (exact) mass is 393 g/mol. The van der Waals surface area contributed by atoms with Crippen molar-refractivity contribution in [1.82, 2.24) is 15.0 Å². The van der Waals surface area contributed by atoms with E-state index < -0.39 is 4.92 Å². The van der Waals surface area contributed by atoms with Crippen molar-refractivity contribution in [3.63, 3.8) is 0 Å². The van der Waals surface area contributed by atoms with Gasteiger partial charge in [0.05, 0.1) is 20.9 Å². The first kappa shape index (κ1) is 16.4. The number of nitro groups is 1. The number of aromatic nitrogens is 3. The number of hydrogen-bond acceptors (Lipinski definition) is 9. The van der Waals surface area contributed by atoms with Gasteiger partial charge in [-0.15, -0.1) is 0 Å². The average Bonchev–Trinajstić information content (AvgIpc) is 3.36. The highest BCUT2D eigenvalue weighted by Gasteiger charge is 2.20. The molecule has 9 nitrogen and oxygen atoms in total. The maximum atomic E-state index is 11.1. The van der Waals surface area contributed by atoms with Gasteiger partial charge in [-0.1, -0.05) is 17.4 Å². The molecule has 0 fully saturated rings. The van der Waals surface area contributed by atoms with Gasteiger partial charge in [0.1, 0.15) is 12.1 Å². The maximum absolute atomic E-state index is 11.1. The number of hydrogen-bond donors (Lipinski definition) is 1. The molecule has 1 aliphatic heterocycles. The molecule has 0 aliphatic carbocycles. The highest BCUT2D eigenvalue weighted by Crippen LogP contribution is 2.42. The van der Waals surface area contributed by atoms with Crippen molar-refractivity contribution < 1.29 is 14.4 Å². The highest BCUT2D eigenvalue weighted by atomic mass is 32.1. The summed E-state index contributed by atoms with van der Waals surface area (Å²) in [5, 5.41) is 11.8. The Labute approximate surface area is 161 Å². The lowest BCUT2D eigenvalue weighted by atomic mass is 10.0. The molecule has 10 heteroatoms. The van der Waals surface area contributed by atoms with Gasteiger partial charge < -0.3 is 15.2 Å². The van der Waals surface area contributed by atoms with Gasteiger partial charge in [-0.2, -0.15) is 0 Å². The van der Waals surface area contributed by atoms with Gasteiger partial charge in [-0.05, 0) is 29.8 Å². The Morgan fingerprint density at radius 2 is 1.96 bits per heavy atom. The van der Waals surface area contributed by atoms with Crippen molar-refractivity contribution >= 4 is 33.2 Å². The lowest BCUT2D eigenvalue weighted by Crippen LogP contribution is -1.97. The van der Waals surface area contributed by atoms with Crippen LogP contribution in [-0.2, 0) is 0 Å². The standard InChI is InChI=1S/C18H11N5O4S/c19-17-11-6-10(9-1-2-12-13(5-9)27-8-26-12)16(22-18(11)21-7-20-17)14-3-4-15(28-14)23(24)25/h1-7H,8H2,(H2,19,20,21,22). The van der Waals surface area contributed by atoms with Crippen LogP contribution in [0, 0.1) is 10.1 Å². The van der Waals surface area contributed by atoms with Crippen molar-refractivity contribution in [2.45, 2.75) is 0 Å². The summed E-state index contributed by atoms with van der Waals surface area (Å²) in [6.07, 6.45) is 1.34. The summed E-state index contributed by atoms with van der Waals surface area (Å²) < 4.78 is 10.8. The van der Waals surface area contributed by atoms with Crippen molar-refractivity contribution in [3.05, 3.63) is 52.8 Å². The zero-order valence-corrected chi connectivity index (χ0v) is 15.0. The predicted molar refractivity (Wildman–Crippen MR) is 103 cm³/mol. The zero-order chi connectivity index (χ0) is 19.3. The molecule has 0 saturated heterocycles. The van der Waals surface area contributed by atoms with E-state index in [1.807, 2.05) is 24.3 Å². The number of pyridine rings is 1. The van der Waals surface area contributed by atoms with Crippen molar-refractivity contribution in [2.75, 3.05) is 12.5 Å². The van der Waals surface area contributed by atoms with E-state index in [9.17, 15) is 10.1 Å². The fourth-order valence-electron chi connectivity index (χ4n) is 3.03. The summed E-state index contributed by atoms with van der Waals surface area (Å²) >= 11 is 1.05. The third-order valence-corrected chi connectivity index (χ3v) is 5.39. The molecule has 5 rings (SSSR count). The minimum absolute atomic E-state index is 0.0377. The molecular weight excluding hydrogens is 382 g/mol. The summed E-state index contributed by atoms with van der Waals surface area (Å²) in [6, 6.07) is 10.5. The zero-order valence-electron chi connectivity index (χ0n) is 14.2. The molecule has 0 saturated carbocycles. The second-order valence-corrected chi connectivity index (χ2v) is 7.04. The number of ether oxygens (including phenoxy) is 2. The lowest BCUT2D eigenvalue weighted by molar-refractivity contribution is -0.380. The molecule has 0 atom stereocenters. The van der Waals surface area contributed by atoms with Gasteiger partial charge in [0.25, 0.3) is 0 Å². The van der Waals surface area contributed by atoms with Crippen molar-refractivity contribution in [1.29, 1.82) is 0 Å². The van der Waals surface area contributed by atoms with Crippen LogP contribution >= 0.6 is 11.3 Å². The quantitative estimate of drug-likeness (QED) is 0.413. The van der Waals surface area contributed by atoms with E-state index in [2.05, 4.69) is 15.0 Å². The van der Waals surface area contributed by atoms with E-state index in [0.29, 0.717) is 38.9 Å². The van der Waals surface area contributed by atoms with E-state index in [0.717, 1.165) is 22.5 Å². The number of rotatable bonds is 3. The van der Waals surface area contributed by atoms with Crippen LogP contribution in [0.15, 0.2) is 42.7 Å². The van der Waals surface area contributed by atoms with E-state index in [1.54, 1.807) is 6.07 Å². The number of anilines is 1. The van der Waals surface area contributed by atoms with Crippen LogP contribution in [0.2, 0.25) is 0 Å². The molecule has 0 unspecified atom stereocenters. The van der Waals surface area contributed by atoms with Crippen LogP contribution in [0.1, 0.15) is 0 Å². The molecule has 138 valence electrons. The molecule has 28 heavy (non-hydrogen) atoms. The maximum Gasteiger partial charge on any atom is 0.324 e. The van der Waals surface area contributed by atoms with Gasteiger partial charge in [-0.25, -0.2) is 15.0 Å². The number of nitrogen functional groups attached to an aromatic ring is 1. The second-order valence-electron chi connectivity index (χ2n) is 5.98. The lowest BCUT2D eigenvalue weighted by Gasteiger charge is -2.11. The van der Waals surface area contributed by atoms with Crippen LogP contribution in [0.25, 0.3) is 32.7 Å². The van der Waals surface area contributed by atoms with Crippen LogP contribution < -0.4 is 15.2 Å². The smallest absolute Gasteiger partial charge is 0.324 e. The molecule has 0 bridgehead atoms. The van der Waals surface area contributed by atoms with Crippen LogP contribution in [-0.4, -0.2) is 26.7 Å². The third kappa shape index (κ3) is 2.58. The van der Waals surface area contributed by atoms with E-state index in [1.165, 1.54) is 12.4 Å². The second kappa shape index (κ2) is 6.13. The highest BCUT2D eigenvalue weighted by molar-refractivity contribution is 7.18. The summed E-state index contributed by atoms with van der Waals surface area (Å²) in [5.74, 6) is 1.59. The molecule has 1 aliphatic rings. The fourth-order valence-corrected chi connectivity index (χ4v) is 3.86. The van der Waals surface area contributed by atoms with E-state index >= 15 is 0 Å². The summed E-state index contributed by atoms with van der Waals surface area (Å²) in [7, 11) is 0. The Morgan fingerprint density at radius 1 is 1.11 bits per heavy atom. The molecule has 4 aromatic rings. The first-order chi connectivity index (χ1) is 13.6. The normalized spacial score (nSPS) is 12.4. The number of benzene rings is 1. The average molecular weight is 393 g/mol. The molecular formula is C18H11N5O4S. The Bertz CT molecular complexity index is 1260. The number of thiophene rings is 1. The van der Waals surface area contributed by atoms with Gasteiger partial charge in [0.15, 0.2) is 17.1 Å². The van der Waals surface area contributed by atoms with Gasteiger partial charge in [-0.3, -0.25) is 10.1 Å².